The smallest absolute Gasteiger partial charge is 0.256 e. The van der Waals surface area contributed by atoms with Gasteiger partial charge in [0.15, 0.2) is 0 Å². The second-order valence-electron chi connectivity index (χ2n) is 8.34. The maximum atomic E-state index is 14.0. The Kier molecular flexibility index (Phi) is 9.54. The van der Waals surface area contributed by atoms with Crippen molar-refractivity contribution in [3.8, 4) is 0 Å². The van der Waals surface area contributed by atoms with E-state index in [1.807, 2.05) is 13.8 Å². The average Bonchev–Trinajstić information content (AvgIpc) is 2.80. The summed E-state index contributed by atoms with van der Waals surface area (Å²) in [4.78, 5) is 14.2. The summed E-state index contributed by atoms with van der Waals surface area (Å²) < 4.78 is 47.5. The van der Waals surface area contributed by atoms with Gasteiger partial charge in [0.2, 0.25) is 10.0 Å². The molecule has 1 amide bonds. The summed E-state index contributed by atoms with van der Waals surface area (Å²) in [5.74, 6) is -1.43. The first-order valence-corrected chi connectivity index (χ1v) is 12.2. The minimum absolute atomic E-state index is 0.0417. The van der Waals surface area contributed by atoms with Gasteiger partial charge < -0.3 is 14.7 Å². The van der Waals surface area contributed by atoms with Crippen molar-refractivity contribution in [2.24, 2.45) is 5.92 Å². The minimum Gasteiger partial charge on any atom is -0.395 e. The van der Waals surface area contributed by atoms with Gasteiger partial charge in [-0.25, -0.2) is 12.8 Å². The molecular weight excluding hydrogens is 447 g/mol. The molecule has 0 aromatic heterocycles. The zero-order valence-corrected chi connectivity index (χ0v) is 20.5. The quantitative estimate of drug-likeness (QED) is 0.534. The van der Waals surface area contributed by atoms with Crippen LogP contribution < -0.4 is 0 Å². The van der Waals surface area contributed by atoms with E-state index in [0.717, 1.165) is 5.56 Å². The number of halogens is 1. The van der Waals surface area contributed by atoms with E-state index >= 15 is 0 Å². The van der Waals surface area contributed by atoms with Gasteiger partial charge in [0.25, 0.3) is 5.91 Å². The first kappa shape index (κ1) is 26.9. The third-order valence-electron chi connectivity index (χ3n) is 5.69. The molecule has 0 unspecified atom stereocenters. The molecule has 7 nitrogen and oxygen atoms in total. The van der Waals surface area contributed by atoms with Crippen molar-refractivity contribution in [2.75, 3.05) is 33.9 Å². The van der Waals surface area contributed by atoms with Crippen molar-refractivity contribution in [2.45, 2.75) is 37.8 Å². The zero-order chi connectivity index (χ0) is 24.8. The Hall–Kier alpha value is -2.33. The van der Waals surface area contributed by atoms with Crippen molar-refractivity contribution < 1.29 is 27.4 Å². The van der Waals surface area contributed by atoms with Gasteiger partial charge in [0, 0.05) is 33.3 Å². The lowest BCUT2D eigenvalue weighted by molar-refractivity contribution is 0.0220. The van der Waals surface area contributed by atoms with Gasteiger partial charge in [0.1, 0.15) is 5.82 Å². The zero-order valence-electron chi connectivity index (χ0n) is 19.7. The molecule has 2 aromatic carbocycles. The predicted octanol–water partition coefficient (Wildman–Crippen LogP) is 2.93. The summed E-state index contributed by atoms with van der Waals surface area (Å²) in [6.07, 6.45) is -0.521. The van der Waals surface area contributed by atoms with Crippen LogP contribution in [0.25, 0.3) is 0 Å². The number of aliphatic hydroxyl groups excluding tert-OH is 1. The molecule has 0 saturated heterocycles. The van der Waals surface area contributed by atoms with Crippen LogP contribution in [-0.2, 0) is 14.8 Å². The Bertz CT molecular complexity index is 1030. The Morgan fingerprint density at radius 3 is 2.24 bits per heavy atom. The molecule has 0 bridgehead atoms. The van der Waals surface area contributed by atoms with Crippen LogP contribution in [0.1, 0.15) is 29.8 Å². The molecule has 0 aliphatic heterocycles. The first-order chi connectivity index (χ1) is 15.5. The number of rotatable bonds is 11. The number of aryl methyl sites for hydroxylation is 1. The molecule has 0 spiro atoms. The number of hydrogen-bond acceptors (Lipinski definition) is 5. The molecule has 0 aliphatic carbocycles. The van der Waals surface area contributed by atoms with Crippen molar-refractivity contribution in [3.63, 3.8) is 0 Å². The highest BCUT2D eigenvalue weighted by molar-refractivity contribution is 7.89. The molecule has 3 atom stereocenters. The lowest BCUT2D eigenvalue weighted by atomic mass is 10.0. The summed E-state index contributed by atoms with van der Waals surface area (Å²) in [6, 6.07) is 11.6. The number of ether oxygens (including phenoxy) is 1. The third-order valence-corrected chi connectivity index (χ3v) is 7.69. The Morgan fingerprint density at radius 1 is 1.09 bits per heavy atom. The number of carbonyl (C=O) groups excluding carboxylic acids is 1. The highest BCUT2D eigenvalue weighted by Gasteiger charge is 2.33. The van der Waals surface area contributed by atoms with E-state index in [-0.39, 0.29) is 36.1 Å². The van der Waals surface area contributed by atoms with Crippen molar-refractivity contribution in [1.29, 1.82) is 0 Å². The molecule has 1 N–H and O–H groups in total. The fourth-order valence-corrected chi connectivity index (χ4v) is 5.26. The van der Waals surface area contributed by atoms with Gasteiger partial charge in [-0.1, -0.05) is 36.8 Å². The second kappa shape index (κ2) is 11.7. The Labute approximate surface area is 195 Å². The first-order valence-electron chi connectivity index (χ1n) is 10.7. The highest BCUT2D eigenvalue weighted by Crippen LogP contribution is 2.22. The van der Waals surface area contributed by atoms with Crippen LogP contribution in [0, 0.1) is 18.7 Å². The fourth-order valence-electron chi connectivity index (χ4n) is 3.53. The van der Waals surface area contributed by atoms with E-state index in [9.17, 15) is 22.7 Å². The molecule has 33 heavy (non-hydrogen) atoms. The summed E-state index contributed by atoms with van der Waals surface area (Å²) in [5.41, 5.74) is 0.895. The normalized spacial score (nSPS) is 14.7. The lowest BCUT2D eigenvalue weighted by Gasteiger charge is -2.33. The van der Waals surface area contributed by atoms with E-state index in [1.165, 1.54) is 34.5 Å². The number of carbonyl (C=O) groups is 1. The van der Waals surface area contributed by atoms with E-state index in [0.29, 0.717) is 0 Å². The highest BCUT2D eigenvalue weighted by atomic mass is 32.2. The van der Waals surface area contributed by atoms with Crippen molar-refractivity contribution >= 4 is 15.9 Å². The summed E-state index contributed by atoms with van der Waals surface area (Å²) in [7, 11) is -0.842. The topological polar surface area (TPSA) is 87.2 Å². The average molecular weight is 481 g/mol. The van der Waals surface area contributed by atoms with Crippen molar-refractivity contribution in [1.82, 2.24) is 9.21 Å². The van der Waals surface area contributed by atoms with Gasteiger partial charge in [-0.05, 0) is 44.0 Å². The third kappa shape index (κ3) is 6.60. The largest absolute Gasteiger partial charge is 0.395 e. The van der Waals surface area contributed by atoms with Crippen LogP contribution in [-0.4, -0.2) is 74.6 Å². The van der Waals surface area contributed by atoms with E-state index < -0.39 is 33.9 Å². The predicted molar refractivity (Wildman–Crippen MR) is 125 cm³/mol. The van der Waals surface area contributed by atoms with E-state index in [4.69, 9.17) is 4.74 Å². The molecule has 2 rings (SSSR count). The molecule has 0 aliphatic rings. The molecule has 9 heteroatoms. The van der Waals surface area contributed by atoms with Crippen LogP contribution in [0.2, 0.25) is 0 Å². The van der Waals surface area contributed by atoms with Gasteiger partial charge in [-0.3, -0.25) is 4.79 Å². The number of amides is 1. The molecular formula is C24H33FN2O5S. The molecule has 182 valence electrons. The number of nitrogens with zero attached hydrogens (tertiary/aromatic N) is 2. The molecule has 0 radical (unpaired) electrons. The van der Waals surface area contributed by atoms with Crippen LogP contribution >= 0.6 is 0 Å². The van der Waals surface area contributed by atoms with Crippen LogP contribution in [0.5, 0.6) is 0 Å². The Balaban J connectivity index is 2.21. The molecule has 0 saturated carbocycles. The van der Waals surface area contributed by atoms with Gasteiger partial charge in [-0.2, -0.15) is 4.31 Å². The summed E-state index contributed by atoms with van der Waals surface area (Å²) in [5, 5.41) is 9.71. The van der Waals surface area contributed by atoms with E-state index in [1.54, 1.807) is 44.3 Å². The fraction of sp³-hybridized carbons (Fsp3) is 0.458. The standard InChI is InChI=1S/C24H33FN2O5S/c1-17-10-12-20(13-11-17)33(30,31)27(19(3)16-28)14-18(2)23(32-5)15-26(4)24(29)21-8-6-7-9-22(21)25/h6-13,18-19,23,28H,14-16H2,1-5H3/t18-,19-,23-/m1/s1. The monoisotopic (exact) mass is 480 g/mol. The molecule has 0 fully saturated rings. The van der Waals surface area contributed by atoms with Gasteiger partial charge in [-0.15, -0.1) is 0 Å². The Morgan fingerprint density at radius 2 is 1.70 bits per heavy atom. The summed E-state index contributed by atoms with van der Waals surface area (Å²) >= 11 is 0. The minimum atomic E-state index is -3.87. The van der Waals surface area contributed by atoms with Crippen molar-refractivity contribution in [3.05, 3.63) is 65.5 Å². The number of benzene rings is 2. The SMILES string of the molecule is CO[C@H](CN(C)C(=O)c1ccccc1F)[C@H](C)CN([C@H](C)CO)S(=O)(=O)c1ccc(C)cc1. The maximum Gasteiger partial charge on any atom is 0.256 e. The molecule has 2 aromatic rings. The number of methoxy groups -OCH3 is 1. The number of aliphatic hydroxyl groups is 1. The van der Waals surface area contributed by atoms with Crippen LogP contribution in [0.15, 0.2) is 53.4 Å². The van der Waals surface area contributed by atoms with E-state index in [2.05, 4.69) is 0 Å². The van der Waals surface area contributed by atoms with Crippen LogP contribution in [0.4, 0.5) is 4.39 Å². The van der Waals surface area contributed by atoms with Crippen LogP contribution in [0.3, 0.4) is 0 Å². The van der Waals surface area contributed by atoms with Gasteiger partial charge >= 0.3 is 0 Å². The lowest BCUT2D eigenvalue weighted by Crippen LogP contribution is -2.47. The number of sulfonamides is 1. The summed E-state index contributed by atoms with van der Waals surface area (Å²) in [6.45, 7) is 5.18. The second-order valence-corrected chi connectivity index (χ2v) is 10.2. The maximum absolute atomic E-state index is 14.0. The molecule has 0 heterocycles. The number of likely N-dealkylation sites (N-methyl/N-ethyl adjacent to an activating group) is 1. The van der Waals surface area contributed by atoms with Gasteiger partial charge in [0.05, 0.1) is 23.2 Å². The number of hydrogen-bond donors (Lipinski definition) is 1.